The van der Waals surface area contributed by atoms with Gasteiger partial charge in [-0.05, 0) is 62.6 Å². The lowest BCUT2D eigenvalue weighted by Gasteiger charge is -2.12. The van der Waals surface area contributed by atoms with Gasteiger partial charge in [0.25, 0.3) is 0 Å². The summed E-state index contributed by atoms with van der Waals surface area (Å²) in [6.07, 6.45) is 0. The first-order chi connectivity index (χ1) is 10.4. The molecule has 0 aliphatic carbocycles. The second kappa shape index (κ2) is 6.98. The van der Waals surface area contributed by atoms with E-state index in [0.717, 1.165) is 28.1 Å². The maximum Gasteiger partial charge on any atom is 0.321 e. The molecule has 0 aliphatic heterocycles. The highest BCUT2D eigenvalue weighted by Gasteiger charge is 2.04. The van der Waals surface area contributed by atoms with Crippen molar-refractivity contribution in [2.24, 2.45) is 0 Å². The summed E-state index contributed by atoms with van der Waals surface area (Å²) in [6, 6.07) is 11.6. The number of urea groups is 1. The molecule has 0 bridgehead atoms. The molecule has 0 spiro atoms. The highest BCUT2D eigenvalue weighted by atomic mass is 16.5. The lowest BCUT2D eigenvalue weighted by Crippen LogP contribution is -2.32. The molecule has 0 saturated carbocycles. The number of ether oxygens (including phenoxy) is 1. The average molecular weight is 298 g/mol. The standard InChI is InChI=1S/C18H22N2O2/c1-12-5-6-17(15(4)8-12)22-11-19-18(21)20-16-9-13(2)7-14(3)10-16/h5-10H,11H2,1-4H3,(H2,19,20,21). The molecule has 2 amide bonds. The van der Waals surface area contributed by atoms with Crippen LogP contribution in [-0.2, 0) is 0 Å². The number of benzene rings is 2. The van der Waals surface area contributed by atoms with Crippen LogP contribution in [0.15, 0.2) is 36.4 Å². The predicted molar refractivity (Wildman–Crippen MR) is 89.5 cm³/mol. The van der Waals surface area contributed by atoms with E-state index in [-0.39, 0.29) is 12.8 Å². The van der Waals surface area contributed by atoms with Gasteiger partial charge in [0.05, 0.1) is 0 Å². The fraction of sp³-hybridized carbons (Fsp3) is 0.278. The first-order valence-electron chi connectivity index (χ1n) is 7.27. The summed E-state index contributed by atoms with van der Waals surface area (Å²) in [5.74, 6) is 0.775. The van der Waals surface area contributed by atoms with Crippen molar-refractivity contribution in [3.05, 3.63) is 58.7 Å². The van der Waals surface area contributed by atoms with E-state index in [2.05, 4.69) is 16.7 Å². The van der Waals surface area contributed by atoms with Crippen LogP contribution in [-0.4, -0.2) is 12.8 Å². The number of hydrogen-bond donors (Lipinski definition) is 2. The average Bonchev–Trinajstić information content (AvgIpc) is 2.40. The van der Waals surface area contributed by atoms with Crippen molar-refractivity contribution in [3.63, 3.8) is 0 Å². The summed E-state index contributed by atoms with van der Waals surface area (Å²) in [5, 5.41) is 5.49. The normalized spacial score (nSPS) is 10.2. The molecule has 0 aromatic heterocycles. The van der Waals surface area contributed by atoms with E-state index in [9.17, 15) is 4.79 Å². The second-order valence-corrected chi connectivity index (χ2v) is 5.56. The van der Waals surface area contributed by atoms with Crippen LogP contribution >= 0.6 is 0 Å². The van der Waals surface area contributed by atoms with Gasteiger partial charge in [0.15, 0.2) is 6.73 Å². The molecule has 2 N–H and O–H groups in total. The van der Waals surface area contributed by atoms with Gasteiger partial charge in [0, 0.05) is 5.69 Å². The number of carbonyl (C=O) groups excluding carboxylic acids is 1. The molecule has 4 nitrogen and oxygen atoms in total. The number of anilines is 1. The lowest BCUT2D eigenvalue weighted by molar-refractivity contribution is 0.234. The van der Waals surface area contributed by atoms with Crippen molar-refractivity contribution in [1.82, 2.24) is 5.32 Å². The van der Waals surface area contributed by atoms with Crippen LogP contribution in [0.2, 0.25) is 0 Å². The Balaban J connectivity index is 1.85. The van der Waals surface area contributed by atoms with Crippen LogP contribution in [0, 0.1) is 27.7 Å². The molecular formula is C18H22N2O2. The monoisotopic (exact) mass is 298 g/mol. The van der Waals surface area contributed by atoms with Crippen LogP contribution < -0.4 is 15.4 Å². The number of carbonyl (C=O) groups is 1. The fourth-order valence-corrected chi connectivity index (χ4v) is 2.36. The van der Waals surface area contributed by atoms with Crippen LogP contribution in [0.1, 0.15) is 22.3 Å². The van der Waals surface area contributed by atoms with Gasteiger partial charge in [0.2, 0.25) is 0 Å². The minimum Gasteiger partial charge on any atom is -0.473 e. The zero-order chi connectivity index (χ0) is 16.1. The molecule has 116 valence electrons. The van der Waals surface area contributed by atoms with Gasteiger partial charge in [-0.15, -0.1) is 0 Å². The fourth-order valence-electron chi connectivity index (χ4n) is 2.36. The Morgan fingerprint density at radius 1 is 0.955 bits per heavy atom. The van der Waals surface area contributed by atoms with E-state index in [4.69, 9.17) is 4.74 Å². The van der Waals surface area contributed by atoms with E-state index in [1.807, 2.05) is 58.0 Å². The molecule has 0 heterocycles. The molecule has 2 aromatic rings. The quantitative estimate of drug-likeness (QED) is 0.836. The summed E-state index contributed by atoms with van der Waals surface area (Å²) < 4.78 is 5.58. The molecule has 0 saturated heterocycles. The van der Waals surface area contributed by atoms with Crippen molar-refractivity contribution in [2.45, 2.75) is 27.7 Å². The van der Waals surface area contributed by atoms with Crippen LogP contribution in [0.25, 0.3) is 0 Å². The zero-order valence-electron chi connectivity index (χ0n) is 13.5. The van der Waals surface area contributed by atoms with Crippen LogP contribution in [0.4, 0.5) is 10.5 Å². The number of nitrogens with one attached hydrogen (secondary N) is 2. The van der Waals surface area contributed by atoms with E-state index >= 15 is 0 Å². The van der Waals surface area contributed by atoms with E-state index < -0.39 is 0 Å². The molecule has 4 heteroatoms. The maximum atomic E-state index is 11.9. The van der Waals surface area contributed by atoms with Crippen LogP contribution in [0.5, 0.6) is 5.75 Å². The van der Waals surface area contributed by atoms with Gasteiger partial charge in [-0.25, -0.2) is 4.79 Å². The van der Waals surface area contributed by atoms with Gasteiger partial charge in [-0.2, -0.15) is 0 Å². The largest absolute Gasteiger partial charge is 0.473 e. The molecule has 0 aliphatic rings. The summed E-state index contributed by atoms with van der Waals surface area (Å²) in [7, 11) is 0. The number of amides is 2. The van der Waals surface area contributed by atoms with Crippen molar-refractivity contribution < 1.29 is 9.53 Å². The van der Waals surface area contributed by atoms with Crippen molar-refractivity contribution in [3.8, 4) is 5.75 Å². The van der Waals surface area contributed by atoms with Gasteiger partial charge < -0.3 is 15.4 Å². The van der Waals surface area contributed by atoms with Crippen molar-refractivity contribution in [1.29, 1.82) is 0 Å². The highest BCUT2D eigenvalue weighted by molar-refractivity contribution is 5.89. The smallest absolute Gasteiger partial charge is 0.321 e. The van der Waals surface area contributed by atoms with Gasteiger partial charge in [0.1, 0.15) is 5.75 Å². The zero-order valence-corrected chi connectivity index (χ0v) is 13.5. The van der Waals surface area contributed by atoms with Crippen molar-refractivity contribution >= 4 is 11.7 Å². The first-order valence-corrected chi connectivity index (χ1v) is 7.27. The van der Waals surface area contributed by atoms with E-state index in [1.165, 1.54) is 5.56 Å². The molecule has 2 rings (SSSR count). The Labute approximate surface area is 131 Å². The van der Waals surface area contributed by atoms with E-state index in [1.54, 1.807) is 0 Å². The molecule has 0 radical (unpaired) electrons. The second-order valence-electron chi connectivity index (χ2n) is 5.56. The predicted octanol–water partition coefficient (Wildman–Crippen LogP) is 4.08. The Bertz CT molecular complexity index is 661. The third kappa shape index (κ3) is 4.52. The Morgan fingerprint density at radius 3 is 2.27 bits per heavy atom. The minimum absolute atomic E-state index is 0.126. The summed E-state index contributed by atoms with van der Waals surface area (Å²) in [5.41, 5.74) is 5.24. The number of rotatable bonds is 4. The minimum atomic E-state index is -0.283. The van der Waals surface area contributed by atoms with Gasteiger partial charge >= 0.3 is 6.03 Å². The first kappa shape index (κ1) is 15.9. The van der Waals surface area contributed by atoms with E-state index in [0.29, 0.717) is 0 Å². The molecule has 22 heavy (non-hydrogen) atoms. The Morgan fingerprint density at radius 2 is 1.64 bits per heavy atom. The van der Waals surface area contributed by atoms with Gasteiger partial charge in [-0.1, -0.05) is 23.8 Å². The summed E-state index contributed by atoms with van der Waals surface area (Å²) in [6.45, 7) is 8.14. The number of hydrogen-bond acceptors (Lipinski definition) is 2. The van der Waals surface area contributed by atoms with Crippen LogP contribution in [0.3, 0.4) is 0 Å². The molecular weight excluding hydrogens is 276 g/mol. The van der Waals surface area contributed by atoms with Crippen molar-refractivity contribution in [2.75, 3.05) is 12.0 Å². The Kier molecular flexibility index (Phi) is 5.04. The molecule has 0 fully saturated rings. The lowest BCUT2D eigenvalue weighted by atomic mass is 10.1. The molecule has 2 aromatic carbocycles. The Hall–Kier alpha value is -2.49. The topological polar surface area (TPSA) is 50.4 Å². The molecule has 0 atom stereocenters. The SMILES string of the molecule is Cc1cc(C)cc(NC(=O)NCOc2ccc(C)cc2C)c1. The summed E-state index contributed by atoms with van der Waals surface area (Å²) >= 11 is 0. The third-order valence-corrected chi connectivity index (χ3v) is 3.27. The summed E-state index contributed by atoms with van der Waals surface area (Å²) in [4.78, 5) is 11.9. The number of aryl methyl sites for hydroxylation is 4. The maximum absolute atomic E-state index is 11.9. The van der Waals surface area contributed by atoms with Gasteiger partial charge in [-0.3, -0.25) is 0 Å². The third-order valence-electron chi connectivity index (χ3n) is 3.27. The molecule has 0 unspecified atom stereocenters. The highest BCUT2D eigenvalue weighted by Crippen LogP contribution is 2.18.